The van der Waals surface area contributed by atoms with E-state index in [-0.39, 0.29) is 5.69 Å². The van der Waals surface area contributed by atoms with Crippen molar-refractivity contribution in [1.82, 2.24) is 4.98 Å². The first-order valence-corrected chi connectivity index (χ1v) is 7.30. The van der Waals surface area contributed by atoms with Crippen LogP contribution in [0.2, 0.25) is 0 Å². The summed E-state index contributed by atoms with van der Waals surface area (Å²) in [6.45, 7) is 4.15. The number of carboxylic acids is 1. The van der Waals surface area contributed by atoms with Gasteiger partial charge in [-0.25, -0.2) is 9.78 Å². The van der Waals surface area contributed by atoms with Gasteiger partial charge in [0.25, 0.3) is 0 Å². The Morgan fingerprint density at radius 2 is 2.05 bits per heavy atom. The number of carbonyl (C=O) groups is 1. The lowest BCUT2D eigenvalue weighted by atomic mass is 10.0. The van der Waals surface area contributed by atoms with Crippen LogP contribution in [-0.2, 0) is 12.8 Å². The molecular weight excluding hydrogens is 258 g/mol. The number of aromatic carboxylic acids is 1. The van der Waals surface area contributed by atoms with E-state index in [1.54, 1.807) is 0 Å². The maximum absolute atomic E-state index is 11.4. The van der Waals surface area contributed by atoms with Crippen molar-refractivity contribution in [2.45, 2.75) is 33.1 Å². The fraction of sp³-hybridized carbons (Fsp3) is 0.333. The summed E-state index contributed by atoms with van der Waals surface area (Å²) in [4.78, 5) is 16.4. The Morgan fingerprint density at radius 3 is 2.68 bits per heavy atom. The van der Waals surface area contributed by atoms with E-state index in [1.807, 2.05) is 24.3 Å². The quantitative estimate of drug-likeness (QED) is 0.896. The molecule has 1 heterocycles. The van der Waals surface area contributed by atoms with Crippen LogP contribution in [-0.4, -0.2) is 16.1 Å². The summed E-state index contributed by atoms with van der Waals surface area (Å²) in [5, 5.41) is 10.2. The molecule has 0 bridgehead atoms. The van der Waals surface area contributed by atoms with Crippen molar-refractivity contribution < 1.29 is 9.90 Å². The smallest absolute Gasteiger partial charge is 0.356 e. The van der Waals surface area contributed by atoms with Crippen molar-refractivity contribution >= 4 is 17.3 Å². The van der Waals surface area contributed by atoms with Crippen LogP contribution < -0.4 is 0 Å². The molecule has 0 aliphatic rings. The molecule has 4 heteroatoms. The molecule has 3 nitrogen and oxygen atoms in total. The molecule has 0 saturated heterocycles. The summed E-state index contributed by atoms with van der Waals surface area (Å²) in [5.74, 6) is -0.945. The number of nitrogens with zero attached hydrogens (tertiary/aromatic N) is 1. The zero-order valence-electron chi connectivity index (χ0n) is 11.1. The Kier molecular flexibility index (Phi) is 4.32. The molecule has 19 heavy (non-hydrogen) atoms. The van der Waals surface area contributed by atoms with E-state index in [0.29, 0.717) is 0 Å². The number of benzene rings is 1. The van der Waals surface area contributed by atoms with Crippen molar-refractivity contribution in [1.29, 1.82) is 0 Å². The Morgan fingerprint density at radius 1 is 1.32 bits per heavy atom. The minimum absolute atomic E-state index is 0.189. The van der Waals surface area contributed by atoms with Gasteiger partial charge in [-0.3, -0.25) is 0 Å². The van der Waals surface area contributed by atoms with Gasteiger partial charge < -0.3 is 5.11 Å². The average molecular weight is 275 g/mol. The predicted molar refractivity (Wildman–Crippen MR) is 77.9 cm³/mol. The van der Waals surface area contributed by atoms with Crippen LogP contribution in [0.4, 0.5) is 0 Å². The number of hydrogen-bond acceptors (Lipinski definition) is 3. The van der Waals surface area contributed by atoms with Crippen LogP contribution in [0.3, 0.4) is 0 Å². The van der Waals surface area contributed by atoms with Crippen LogP contribution in [0.5, 0.6) is 0 Å². The third-order valence-corrected chi connectivity index (χ3v) is 4.13. The van der Waals surface area contributed by atoms with Crippen molar-refractivity contribution in [2.75, 3.05) is 0 Å². The lowest BCUT2D eigenvalue weighted by molar-refractivity contribution is 0.0692. The van der Waals surface area contributed by atoms with Gasteiger partial charge in [0.1, 0.15) is 0 Å². The molecule has 1 aromatic heterocycles. The summed E-state index contributed by atoms with van der Waals surface area (Å²) >= 11 is 1.50. The average Bonchev–Trinajstić information content (AvgIpc) is 2.83. The topological polar surface area (TPSA) is 50.2 Å². The molecule has 2 aromatic rings. The highest BCUT2D eigenvalue weighted by Crippen LogP contribution is 2.33. The number of hydrogen-bond donors (Lipinski definition) is 1. The fourth-order valence-electron chi connectivity index (χ4n) is 2.06. The van der Waals surface area contributed by atoms with Gasteiger partial charge in [0.15, 0.2) is 5.69 Å². The molecule has 0 saturated carbocycles. The highest BCUT2D eigenvalue weighted by Gasteiger charge is 2.19. The number of thiazole rings is 1. The van der Waals surface area contributed by atoms with E-state index >= 15 is 0 Å². The standard InChI is InChI=1S/C15H17NO2S/c1-3-7-12-16-13(15(17)18)14(19-12)11-9-6-5-8-10(11)4-2/h5-6,8-9H,3-4,7H2,1-2H3,(H,17,18). The van der Waals surface area contributed by atoms with Crippen LogP contribution >= 0.6 is 11.3 Å². The first-order valence-electron chi connectivity index (χ1n) is 6.48. The van der Waals surface area contributed by atoms with E-state index < -0.39 is 5.97 Å². The van der Waals surface area contributed by atoms with E-state index in [9.17, 15) is 9.90 Å². The second kappa shape index (κ2) is 5.97. The molecule has 1 aromatic carbocycles. The van der Waals surface area contributed by atoms with Gasteiger partial charge in [-0.05, 0) is 30.4 Å². The summed E-state index contributed by atoms with van der Waals surface area (Å²) in [6, 6.07) is 7.95. The first-order chi connectivity index (χ1) is 9.17. The highest BCUT2D eigenvalue weighted by atomic mass is 32.1. The summed E-state index contributed by atoms with van der Waals surface area (Å²) < 4.78 is 0. The van der Waals surface area contributed by atoms with E-state index in [2.05, 4.69) is 18.8 Å². The molecule has 2 rings (SSSR count). The summed E-state index contributed by atoms with van der Waals surface area (Å²) in [5.41, 5.74) is 2.35. The largest absolute Gasteiger partial charge is 0.476 e. The molecule has 0 spiro atoms. The number of rotatable bonds is 5. The maximum atomic E-state index is 11.4. The lowest BCUT2D eigenvalue weighted by Gasteiger charge is -2.05. The Hall–Kier alpha value is -1.68. The van der Waals surface area contributed by atoms with Crippen molar-refractivity contribution in [2.24, 2.45) is 0 Å². The molecule has 0 fully saturated rings. The third kappa shape index (κ3) is 2.84. The normalized spacial score (nSPS) is 10.6. The fourth-order valence-corrected chi connectivity index (χ4v) is 3.28. The number of aromatic nitrogens is 1. The van der Waals surface area contributed by atoms with E-state index in [4.69, 9.17) is 0 Å². The maximum Gasteiger partial charge on any atom is 0.356 e. The van der Waals surface area contributed by atoms with Crippen LogP contribution in [0.1, 0.15) is 41.3 Å². The zero-order valence-corrected chi connectivity index (χ0v) is 12.0. The van der Waals surface area contributed by atoms with Gasteiger partial charge in [-0.15, -0.1) is 11.3 Å². The molecule has 0 aliphatic heterocycles. The van der Waals surface area contributed by atoms with Gasteiger partial charge in [0, 0.05) is 0 Å². The SMILES string of the molecule is CCCc1nc(C(=O)O)c(-c2ccccc2CC)s1. The summed E-state index contributed by atoms with van der Waals surface area (Å²) in [7, 11) is 0. The molecule has 0 atom stereocenters. The van der Waals surface area contributed by atoms with Crippen LogP contribution in [0, 0.1) is 0 Å². The van der Waals surface area contributed by atoms with Gasteiger partial charge in [0.2, 0.25) is 0 Å². The number of aryl methyl sites for hydroxylation is 2. The van der Waals surface area contributed by atoms with E-state index in [0.717, 1.165) is 40.3 Å². The molecule has 1 N–H and O–H groups in total. The Labute approximate surface area is 116 Å². The number of carboxylic acid groups (broad SMARTS) is 1. The second-order valence-electron chi connectivity index (χ2n) is 4.35. The lowest BCUT2D eigenvalue weighted by Crippen LogP contribution is -2.00. The van der Waals surface area contributed by atoms with Gasteiger partial charge in [-0.1, -0.05) is 38.1 Å². The Balaban J connectivity index is 2.56. The molecular formula is C15H17NO2S. The molecule has 0 aliphatic carbocycles. The minimum Gasteiger partial charge on any atom is -0.476 e. The molecule has 0 radical (unpaired) electrons. The molecule has 0 unspecified atom stereocenters. The first kappa shape index (κ1) is 13.7. The van der Waals surface area contributed by atoms with Crippen molar-refractivity contribution in [3.05, 3.63) is 40.5 Å². The van der Waals surface area contributed by atoms with Crippen LogP contribution in [0.25, 0.3) is 10.4 Å². The van der Waals surface area contributed by atoms with Gasteiger partial charge >= 0.3 is 5.97 Å². The predicted octanol–water partition coefficient (Wildman–Crippen LogP) is 4.02. The van der Waals surface area contributed by atoms with E-state index in [1.165, 1.54) is 11.3 Å². The highest BCUT2D eigenvalue weighted by molar-refractivity contribution is 7.15. The Bertz CT molecular complexity index is 590. The van der Waals surface area contributed by atoms with Gasteiger partial charge in [0.05, 0.1) is 9.88 Å². The minimum atomic E-state index is -0.945. The molecule has 100 valence electrons. The van der Waals surface area contributed by atoms with Crippen LogP contribution in [0.15, 0.2) is 24.3 Å². The zero-order chi connectivity index (χ0) is 13.8. The summed E-state index contributed by atoms with van der Waals surface area (Å²) in [6.07, 6.45) is 2.69. The van der Waals surface area contributed by atoms with Gasteiger partial charge in [-0.2, -0.15) is 0 Å². The van der Waals surface area contributed by atoms with Crippen molar-refractivity contribution in [3.63, 3.8) is 0 Å². The monoisotopic (exact) mass is 275 g/mol. The van der Waals surface area contributed by atoms with Crippen molar-refractivity contribution in [3.8, 4) is 10.4 Å². The third-order valence-electron chi connectivity index (χ3n) is 2.98. The molecule has 0 amide bonds. The second-order valence-corrected chi connectivity index (χ2v) is 5.43.